The van der Waals surface area contributed by atoms with E-state index in [0.29, 0.717) is 22.5 Å². The fourth-order valence-corrected chi connectivity index (χ4v) is 9.93. The summed E-state index contributed by atoms with van der Waals surface area (Å²) in [7, 11) is 2.65. The molecule has 4 heterocycles. The van der Waals surface area contributed by atoms with Crippen molar-refractivity contribution in [1.29, 1.82) is 0 Å². The largest absolute Gasteiger partial charge is 0.493 e. The van der Waals surface area contributed by atoms with Crippen molar-refractivity contribution >= 4 is 11.9 Å². The van der Waals surface area contributed by atoms with Crippen molar-refractivity contribution in [1.82, 2.24) is 9.13 Å². The first-order chi connectivity index (χ1) is 28.9. The molecule has 332 valence electrons. The van der Waals surface area contributed by atoms with Crippen LogP contribution in [0.4, 0.5) is 26.3 Å². The van der Waals surface area contributed by atoms with E-state index in [2.05, 4.69) is 27.7 Å². The summed E-state index contributed by atoms with van der Waals surface area (Å²) in [5.41, 5.74) is 1.52. The molecule has 4 aliphatic rings. The van der Waals surface area contributed by atoms with Gasteiger partial charge in [0.25, 0.3) is 0 Å². The Bertz CT molecular complexity index is 2420. The van der Waals surface area contributed by atoms with Gasteiger partial charge in [-0.25, -0.2) is 9.59 Å². The molecule has 0 amide bonds. The number of alkyl halides is 6. The van der Waals surface area contributed by atoms with Crippen LogP contribution in [-0.2, 0) is 0 Å². The summed E-state index contributed by atoms with van der Waals surface area (Å²) in [5, 5.41) is 18.9. The second kappa shape index (κ2) is 15.4. The fraction of sp³-hybridized carbons (Fsp3) is 0.455. The van der Waals surface area contributed by atoms with E-state index in [0.717, 1.165) is 36.8 Å². The molecule has 2 saturated carbocycles. The van der Waals surface area contributed by atoms with Gasteiger partial charge in [0.05, 0.1) is 25.6 Å². The molecule has 18 heteroatoms. The molecule has 12 nitrogen and oxygen atoms in total. The van der Waals surface area contributed by atoms with Gasteiger partial charge in [0.15, 0.2) is 47.1 Å². The maximum Gasteiger partial charge on any atom is 0.422 e. The third-order valence-electron chi connectivity index (χ3n) is 12.6. The fourth-order valence-electron chi connectivity index (χ4n) is 9.93. The van der Waals surface area contributed by atoms with Gasteiger partial charge < -0.3 is 38.3 Å². The van der Waals surface area contributed by atoms with E-state index in [4.69, 9.17) is 18.9 Å². The second-order valence-electron chi connectivity index (χ2n) is 17.4. The Balaban J connectivity index is 0.000000186. The molecular formula is C44H44F6N2O10. The molecule has 4 aromatic rings. The first-order valence-electron chi connectivity index (χ1n) is 19.7. The number of hydrogen-bond donors (Lipinski definition) is 2. The second-order valence-corrected chi connectivity index (χ2v) is 17.4. The van der Waals surface area contributed by atoms with Gasteiger partial charge in [-0.15, -0.1) is 0 Å². The van der Waals surface area contributed by atoms with E-state index < -0.39 is 48.4 Å². The number of carboxylic acid groups (broad SMARTS) is 2. The first kappa shape index (κ1) is 44.1. The number of rotatable bonds is 8. The molecule has 2 N–H and O–H groups in total. The molecule has 0 bridgehead atoms. The van der Waals surface area contributed by atoms with E-state index in [-0.39, 0.29) is 68.9 Å². The van der Waals surface area contributed by atoms with Crippen molar-refractivity contribution in [3.63, 3.8) is 0 Å². The average molecular weight is 875 g/mol. The van der Waals surface area contributed by atoms with Crippen LogP contribution >= 0.6 is 0 Å². The molecule has 0 unspecified atom stereocenters. The van der Waals surface area contributed by atoms with Gasteiger partial charge in [0.1, 0.15) is 11.1 Å². The molecule has 8 rings (SSSR count). The molecule has 2 aromatic carbocycles. The number of nitrogens with zero attached hydrogens (tertiary/aromatic N) is 2. The maximum atomic E-state index is 12.7. The van der Waals surface area contributed by atoms with Crippen molar-refractivity contribution in [3.8, 4) is 45.5 Å². The SMILES string of the molecule is COc1cc2c(cc1OCC(F)(F)F)[C@@H]1CCC(C)(C)[C@@H]1n1cc(C(=O)O)c(=O)cc1-2.COc1cc2c(cc1OCC(F)(F)F)[C@H]1CCC(C)(C)[C@H]1n1cc(C(=O)O)c(=O)cc1-2. The third-order valence-corrected chi connectivity index (χ3v) is 12.6. The van der Waals surface area contributed by atoms with Crippen LogP contribution in [0.2, 0.25) is 0 Å². The van der Waals surface area contributed by atoms with Crippen LogP contribution in [-0.4, -0.2) is 71.1 Å². The maximum absolute atomic E-state index is 12.7. The molecule has 0 spiro atoms. The van der Waals surface area contributed by atoms with Crippen molar-refractivity contribution < 1.29 is 65.1 Å². The summed E-state index contributed by atoms with van der Waals surface area (Å²) in [5.74, 6) is -2.54. The van der Waals surface area contributed by atoms with Crippen LogP contribution in [0.15, 0.2) is 58.4 Å². The smallest absolute Gasteiger partial charge is 0.422 e. The molecular weight excluding hydrogens is 830 g/mol. The standard InChI is InChI=1S/2C22H22F3NO5/c2*1-21(2)5-4-11-12-6-18(31-10-22(23,24)25)17(30-3)7-13(12)15-8-16(27)14(20(28)29)9-26(15)19(11)21/h2*6-9,11,19H,4-5,10H2,1-3H3,(H,28,29)/t2*11-,19+/m10/s1. The Morgan fingerprint density at radius 1 is 0.629 bits per heavy atom. The number of ether oxygens (including phenoxy) is 4. The van der Waals surface area contributed by atoms with Crippen molar-refractivity contribution in [3.05, 3.63) is 91.5 Å². The molecule has 0 saturated heterocycles. The van der Waals surface area contributed by atoms with E-state index in [1.54, 1.807) is 24.3 Å². The first-order valence-corrected chi connectivity index (χ1v) is 19.7. The summed E-state index contributed by atoms with van der Waals surface area (Å²) in [4.78, 5) is 48.0. The molecule has 2 aliphatic heterocycles. The Kier molecular flexibility index (Phi) is 11.0. The van der Waals surface area contributed by atoms with Gasteiger partial charge in [0, 0.05) is 59.6 Å². The van der Waals surface area contributed by atoms with Gasteiger partial charge in [0.2, 0.25) is 0 Å². The van der Waals surface area contributed by atoms with E-state index in [1.807, 2.05) is 9.13 Å². The zero-order valence-corrected chi connectivity index (χ0v) is 34.5. The van der Waals surface area contributed by atoms with Crippen LogP contribution < -0.4 is 29.8 Å². The minimum atomic E-state index is -4.49. The van der Waals surface area contributed by atoms with Crippen molar-refractivity contribution in [2.45, 2.75) is 89.7 Å². The zero-order chi connectivity index (χ0) is 45.4. The molecule has 2 aromatic heterocycles. The van der Waals surface area contributed by atoms with Gasteiger partial charge in [-0.05, 0) is 71.9 Å². The highest BCUT2D eigenvalue weighted by atomic mass is 19.4. The van der Waals surface area contributed by atoms with Crippen LogP contribution in [0.5, 0.6) is 23.0 Å². The highest BCUT2D eigenvalue weighted by Gasteiger charge is 2.49. The van der Waals surface area contributed by atoms with E-state index in [9.17, 15) is 55.7 Å². The number of carbonyl (C=O) groups is 2. The Labute approximate surface area is 350 Å². The summed E-state index contributed by atoms with van der Waals surface area (Å²) in [6, 6.07) is 8.51. The van der Waals surface area contributed by atoms with Crippen LogP contribution in [0.3, 0.4) is 0 Å². The minimum Gasteiger partial charge on any atom is -0.493 e. The number of benzene rings is 2. The summed E-state index contributed by atoms with van der Waals surface area (Å²) >= 11 is 0. The van der Waals surface area contributed by atoms with Crippen LogP contribution in [0.1, 0.15) is 109 Å². The number of carboxylic acids is 2. The molecule has 0 radical (unpaired) electrons. The van der Waals surface area contributed by atoms with Gasteiger partial charge in [-0.1, -0.05) is 27.7 Å². The van der Waals surface area contributed by atoms with Gasteiger partial charge >= 0.3 is 24.3 Å². The predicted molar refractivity (Wildman–Crippen MR) is 212 cm³/mol. The molecule has 2 aliphatic carbocycles. The lowest BCUT2D eigenvalue weighted by molar-refractivity contribution is -0.154. The third kappa shape index (κ3) is 7.98. The lowest BCUT2D eigenvalue weighted by atomic mass is 9.77. The monoisotopic (exact) mass is 874 g/mol. The lowest BCUT2D eigenvalue weighted by Crippen LogP contribution is -2.32. The van der Waals surface area contributed by atoms with Crippen molar-refractivity contribution in [2.24, 2.45) is 10.8 Å². The Morgan fingerprint density at radius 2 is 0.984 bits per heavy atom. The number of fused-ring (bicyclic) bond motifs is 12. The van der Waals surface area contributed by atoms with Gasteiger partial charge in [-0.3, -0.25) is 9.59 Å². The van der Waals surface area contributed by atoms with Crippen molar-refractivity contribution in [2.75, 3.05) is 27.4 Å². The number of aromatic nitrogens is 2. The minimum absolute atomic E-state index is 0.0139. The highest BCUT2D eigenvalue weighted by Crippen LogP contribution is 2.61. The van der Waals surface area contributed by atoms with Crippen LogP contribution in [0, 0.1) is 10.8 Å². The van der Waals surface area contributed by atoms with E-state index in [1.165, 1.54) is 38.7 Å². The average Bonchev–Trinajstić information content (AvgIpc) is 3.69. The van der Waals surface area contributed by atoms with Crippen LogP contribution in [0.25, 0.3) is 22.5 Å². The van der Waals surface area contributed by atoms with E-state index >= 15 is 0 Å². The molecule has 4 atom stereocenters. The number of methoxy groups -OCH3 is 2. The normalized spacial score (nSPS) is 21.1. The molecule has 2 fully saturated rings. The number of aromatic carboxylic acids is 2. The number of halogens is 6. The summed E-state index contributed by atoms with van der Waals surface area (Å²) in [6.45, 7) is 5.37. The highest BCUT2D eigenvalue weighted by molar-refractivity contribution is 5.88. The zero-order valence-electron chi connectivity index (χ0n) is 34.5. The predicted octanol–water partition coefficient (Wildman–Crippen LogP) is 9.24. The number of pyridine rings is 2. The van der Waals surface area contributed by atoms with Gasteiger partial charge in [-0.2, -0.15) is 26.3 Å². The quantitative estimate of drug-likeness (QED) is 0.164. The Morgan fingerprint density at radius 3 is 1.29 bits per heavy atom. The topological polar surface area (TPSA) is 156 Å². The molecule has 62 heavy (non-hydrogen) atoms. The lowest BCUT2D eigenvalue weighted by Gasteiger charge is -2.40. The summed E-state index contributed by atoms with van der Waals surface area (Å²) in [6.07, 6.45) is -3.02. The number of hydrogen-bond acceptors (Lipinski definition) is 8. The Hall–Kier alpha value is -5.94. The summed E-state index contributed by atoms with van der Waals surface area (Å²) < 4.78 is 101.